The average Bonchev–Trinajstić information content (AvgIpc) is 2.95. The molecule has 0 aliphatic rings. The SMILES string of the molecule is Cn1nc(Cl)c2cccc(-c3noc(CN)n3)c21. The molecule has 0 unspecified atom stereocenters. The van der Waals surface area contributed by atoms with Crippen molar-refractivity contribution in [1.82, 2.24) is 19.9 Å². The van der Waals surface area contributed by atoms with Crippen LogP contribution in [0.1, 0.15) is 5.89 Å². The van der Waals surface area contributed by atoms with Crippen molar-refractivity contribution in [2.75, 3.05) is 0 Å². The van der Waals surface area contributed by atoms with Gasteiger partial charge in [0.2, 0.25) is 11.7 Å². The van der Waals surface area contributed by atoms with E-state index in [1.165, 1.54) is 0 Å². The van der Waals surface area contributed by atoms with Crippen molar-refractivity contribution in [2.24, 2.45) is 12.8 Å². The molecule has 2 heterocycles. The Morgan fingerprint density at radius 1 is 1.44 bits per heavy atom. The average molecular weight is 264 g/mol. The Balaban J connectivity index is 2.28. The summed E-state index contributed by atoms with van der Waals surface area (Å²) in [5, 5.41) is 9.39. The third-order valence-corrected chi connectivity index (χ3v) is 2.98. The van der Waals surface area contributed by atoms with E-state index < -0.39 is 0 Å². The molecule has 0 aliphatic carbocycles. The van der Waals surface area contributed by atoms with Crippen molar-refractivity contribution in [3.8, 4) is 11.4 Å². The van der Waals surface area contributed by atoms with Gasteiger partial charge in [0.25, 0.3) is 0 Å². The number of halogens is 1. The molecule has 3 aromatic rings. The minimum absolute atomic E-state index is 0.217. The maximum atomic E-state index is 6.05. The van der Waals surface area contributed by atoms with E-state index in [1.54, 1.807) is 4.68 Å². The van der Waals surface area contributed by atoms with Crippen LogP contribution in [0.25, 0.3) is 22.3 Å². The molecule has 0 saturated heterocycles. The van der Waals surface area contributed by atoms with E-state index >= 15 is 0 Å². The van der Waals surface area contributed by atoms with Gasteiger partial charge in [0.1, 0.15) is 0 Å². The van der Waals surface area contributed by atoms with Crippen LogP contribution < -0.4 is 5.73 Å². The normalized spacial score (nSPS) is 11.3. The van der Waals surface area contributed by atoms with Crippen molar-refractivity contribution in [1.29, 1.82) is 0 Å². The highest BCUT2D eigenvalue weighted by atomic mass is 35.5. The van der Waals surface area contributed by atoms with E-state index in [9.17, 15) is 0 Å². The molecule has 7 heteroatoms. The van der Waals surface area contributed by atoms with Crippen molar-refractivity contribution in [3.05, 3.63) is 29.2 Å². The van der Waals surface area contributed by atoms with E-state index in [0.717, 1.165) is 16.5 Å². The number of nitrogens with zero attached hydrogens (tertiary/aromatic N) is 4. The highest BCUT2D eigenvalue weighted by Gasteiger charge is 2.15. The van der Waals surface area contributed by atoms with Crippen LogP contribution in [0, 0.1) is 0 Å². The molecule has 92 valence electrons. The van der Waals surface area contributed by atoms with Crippen molar-refractivity contribution >= 4 is 22.5 Å². The lowest BCUT2D eigenvalue weighted by Crippen LogP contribution is -1.96. The lowest BCUT2D eigenvalue weighted by atomic mass is 10.1. The Morgan fingerprint density at radius 2 is 2.28 bits per heavy atom. The summed E-state index contributed by atoms with van der Waals surface area (Å²) in [6.45, 7) is 0.217. The highest BCUT2D eigenvalue weighted by Crippen LogP contribution is 2.30. The molecule has 18 heavy (non-hydrogen) atoms. The fraction of sp³-hybridized carbons (Fsp3) is 0.182. The Labute approximate surface area is 107 Å². The first-order valence-corrected chi connectivity index (χ1v) is 5.72. The molecule has 2 aromatic heterocycles. The van der Waals surface area contributed by atoms with Crippen LogP contribution in [-0.4, -0.2) is 19.9 Å². The molecule has 6 nitrogen and oxygen atoms in total. The van der Waals surface area contributed by atoms with Gasteiger partial charge in [-0.3, -0.25) is 4.68 Å². The summed E-state index contributed by atoms with van der Waals surface area (Å²) in [7, 11) is 1.82. The summed E-state index contributed by atoms with van der Waals surface area (Å²) < 4.78 is 6.71. The number of fused-ring (bicyclic) bond motifs is 1. The molecule has 0 atom stereocenters. The van der Waals surface area contributed by atoms with Gasteiger partial charge < -0.3 is 10.3 Å². The summed E-state index contributed by atoms with van der Waals surface area (Å²) in [6.07, 6.45) is 0. The largest absolute Gasteiger partial charge is 0.338 e. The minimum atomic E-state index is 0.217. The molecule has 0 fully saturated rings. The second kappa shape index (κ2) is 4.08. The maximum Gasteiger partial charge on any atom is 0.240 e. The standard InChI is InChI=1S/C11H10ClN5O/c1-17-9-6(10(12)15-17)3-2-4-7(9)11-14-8(5-13)18-16-11/h2-4H,5,13H2,1H3. The molecule has 3 rings (SSSR count). The number of hydrogen-bond donors (Lipinski definition) is 1. The molecule has 0 saturated carbocycles. The van der Waals surface area contributed by atoms with Gasteiger partial charge >= 0.3 is 0 Å². The van der Waals surface area contributed by atoms with Crippen molar-refractivity contribution in [3.63, 3.8) is 0 Å². The predicted octanol–water partition coefficient (Wildman–Crippen LogP) is 1.74. The third-order valence-electron chi connectivity index (χ3n) is 2.70. The summed E-state index contributed by atoms with van der Waals surface area (Å²) in [4.78, 5) is 4.21. The molecule has 0 amide bonds. The maximum absolute atomic E-state index is 6.05. The number of hydrogen-bond acceptors (Lipinski definition) is 5. The fourth-order valence-electron chi connectivity index (χ4n) is 1.92. The summed E-state index contributed by atoms with van der Waals surface area (Å²) >= 11 is 6.05. The van der Waals surface area contributed by atoms with Gasteiger partial charge in [-0.1, -0.05) is 22.8 Å². The van der Waals surface area contributed by atoms with Gasteiger partial charge in [-0.25, -0.2) is 0 Å². The van der Waals surface area contributed by atoms with E-state index in [2.05, 4.69) is 15.2 Å². The van der Waals surface area contributed by atoms with E-state index in [-0.39, 0.29) is 6.54 Å². The van der Waals surface area contributed by atoms with Crippen LogP contribution in [0.4, 0.5) is 0 Å². The highest BCUT2D eigenvalue weighted by molar-refractivity contribution is 6.34. The van der Waals surface area contributed by atoms with Gasteiger partial charge in [0.15, 0.2) is 5.15 Å². The zero-order valence-electron chi connectivity index (χ0n) is 9.59. The van der Waals surface area contributed by atoms with E-state index in [1.807, 2.05) is 25.2 Å². The van der Waals surface area contributed by atoms with Crippen LogP contribution in [0.5, 0.6) is 0 Å². The zero-order valence-corrected chi connectivity index (χ0v) is 10.3. The fourth-order valence-corrected chi connectivity index (χ4v) is 2.19. The Bertz CT molecular complexity index is 717. The van der Waals surface area contributed by atoms with E-state index in [0.29, 0.717) is 16.9 Å². The minimum Gasteiger partial charge on any atom is -0.338 e. The third kappa shape index (κ3) is 1.58. The number of para-hydroxylation sites is 1. The van der Waals surface area contributed by atoms with Crippen LogP contribution in [0.2, 0.25) is 5.15 Å². The van der Waals surface area contributed by atoms with Crippen LogP contribution in [0.15, 0.2) is 22.7 Å². The number of benzene rings is 1. The first-order valence-electron chi connectivity index (χ1n) is 5.35. The van der Waals surface area contributed by atoms with Gasteiger partial charge in [-0.05, 0) is 12.1 Å². The summed E-state index contributed by atoms with van der Waals surface area (Å²) in [6, 6.07) is 5.67. The molecule has 0 radical (unpaired) electrons. The van der Waals surface area contributed by atoms with Gasteiger partial charge in [-0.15, -0.1) is 0 Å². The lowest BCUT2D eigenvalue weighted by Gasteiger charge is -1.99. The smallest absolute Gasteiger partial charge is 0.240 e. The second-order valence-corrected chi connectivity index (χ2v) is 4.19. The Hall–Kier alpha value is -1.92. The second-order valence-electron chi connectivity index (χ2n) is 3.83. The Kier molecular flexibility index (Phi) is 2.53. The first kappa shape index (κ1) is 11.2. The predicted molar refractivity (Wildman–Crippen MR) is 66.9 cm³/mol. The molecule has 0 bridgehead atoms. The number of aromatic nitrogens is 4. The van der Waals surface area contributed by atoms with Gasteiger partial charge in [0, 0.05) is 18.0 Å². The lowest BCUT2D eigenvalue weighted by molar-refractivity contribution is 0.380. The topological polar surface area (TPSA) is 82.8 Å². The monoisotopic (exact) mass is 263 g/mol. The quantitative estimate of drug-likeness (QED) is 0.761. The molecule has 0 spiro atoms. The zero-order chi connectivity index (χ0) is 12.7. The van der Waals surface area contributed by atoms with Crippen LogP contribution in [0.3, 0.4) is 0 Å². The summed E-state index contributed by atoms with van der Waals surface area (Å²) in [5.74, 6) is 0.885. The molecule has 2 N–H and O–H groups in total. The molecular formula is C11H10ClN5O. The van der Waals surface area contributed by atoms with Crippen molar-refractivity contribution in [2.45, 2.75) is 6.54 Å². The van der Waals surface area contributed by atoms with Gasteiger partial charge in [0.05, 0.1) is 12.1 Å². The van der Waals surface area contributed by atoms with Crippen LogP contribution >= 0.6 is 11.6 Å². The number of aryl methyl sites for hydroxylation is 1. The number of nitrogens with two attached hydrogens (primary N) is 1. The molecule has 0 aliphatic heterocycles. The molecule has 1 aromatic carbocycles. The van der Waals surface area contributed by atoms with Crippen LogP contribution in [-0.2, 0) is 13.6 Å². The number of rotatable bonds is 2. The summed E-state index contributed by atoms with van der Waals surface area (Å²) in [5.41, 5.74) is 7.14. The van der Waals surface area contributed by atoms with Gasteiger partial charge in [-0.2, -0.15) is 10.1 Å². The van der Waals surface area contributed by atoms with Crippen molar-refractivity contribution < 1.29 is 4.52 Å². The van der Waals surface area contributed by atoms with E-state index in [4.69, 9.17) is 21.9 Å². The Morgan fingerprint density at radius 3 is 3.00 bits per heavy atom. The molecular weight excluding hydrogens is 254 g/mol. The first-order chi connectivity index (χ1) is 8.70.